The van der Waals surface area contributed by atoms with Gasteiger partial charge in [-0.2, -0.15) is 11.8 Å². The van der Waals surface area contributed by atoms with Crippen molar-refractivity contribution in [1.82, 2.24) is 0 Å². The normalized spacial score (nSPS) is 13.9. The van der Waals surface area contributed by atoms with Crippen LogP contribution in [-0.4, -0.2) is 32.7 Å². The molecular formula is C9H14BrNO2S3. The van der Waals surface area contributed by atoms with Gasteiger partial charge in [0.1, 0.15) is 9.84 Å². The van der Waals surface area contributed by atoms with Gasteiger partial charge >= 0.3 is 0 Å². The van der Waals surface area contributed by atoms with Crippen LogP contribution >= 0.6 is 39.0 Å². The standard InChI is InChI=1S/C9H14BrNO2S3/c1-16(12,13)5-4-14-8(6-11)7-2-3-9(10)15-7/h2-3,8H,4-6,11H2,1H3. The fourth-order valence-corrected chi connectivity index (χ4v) is 5.14. The lowest BCUT2D eigenvalue weighted by Gasteiger charge is -2.11. The molecule has 0 aromatic carbocycles. The van der Waals surface area contributed by atoms with E-state index in [1.165, 1.54) is 11.1 Å². The predicted molar refractivity (Wildman–Crippen MR) is 76.0 cm³/mol. The van der Waals surface area contributed by atoms with Crippen molar-refractivity contribution in [1.29, 1.82) is 0 Å². The Morgan fingerprint density at radius 2 is 2.25 bits per heavy atom. The average molecular weight is 344 g/mol. The molecule has 1 aromatic rings. The Morgan fingerprint density at radius 3 is 2.69 bits per heavy atom. The molecule has 1 atom stereocenters. The molecule has 0 fully saturated rings. The van der Waals surface area contributed by atoms with Gasteiger partial charge in [0.05, 0.1) is 14.8 Å². The number of hydrogen-bond acceptors (Lipinski definition) is 5. The van der Waals surface area contributed by atoms with Crippen LogP contribution < -0.4 is 5.73 Å². The van der Waals surface area contributed by atoms with Gasteiger partial charge in [-0.3, -0.25) is 0 Å². The largest absolute Gasteiger partial charge is 0.329 e. The SMILES string of the molecule is CS(=O)(=O)CCSC(CN)c1ccc(Br)s1. The van der Waals surface area contributed by atoms with Gasteiger partial charge in [-0.15, -0.1) is 11.3 Å². The zero-order valence-corrected chi connectivity index (χ0v) is 12.9. The summed E-state index contributed by atoms with van der Waals surface area (Å²) in [7, 11) is -2.87. The Kier molecular flexibility index (Phi) is 5.79. The summed E-state index contributed by atoms with van der Waals surface area (Å²) in [6, 6.07) is 4.01. The molecule has 92 valence electrons. The van der Waals surface area contributed by atoms with Gasteiger partial charge in [-0.25, -0.2) is 8.42 Å². The van der Waals surface area contributed by atoms with Gasteiger partial charge in [-0.05, 0) is 28.1 Å². The van der Waals surface area contributed by atoms with E-state index in [4.69, 9.17) is 5.73 Å². The summed E-state index contributed by atoms with van der Waals surface area (Å²) in [5, 5.41) is 0.193. The number of nitrogens with two attached hydrogens (primary N) is 1. The number of hydrogen-bond donors (Lipinski definition) is 1. The third kappa shape index (κ3) is 5.18. The number of rotatable bonds is 6. The van der Waals surface area contributed by atoms with Crippen LogP contribution in [0.5, 0.6) is 0 Å². The predicted octanol–water partition coefficient (Wildman–Crippen LogP) is 2.29. The number of halogens is 1. The first-order valence-corrected chi connectivity index (χ1v) is 9.39. The molecule has 0 radical (unpaired) electrons. The maximum Gasteiger partial charge on any atom is 0.148 e. The van der Waals surface area contributed by atoms with Crippen LogP contribution in [0.1, 0.15) is 10.1 Å². The van der Waals surface area contributed by atoms with E-state index in [2.05, 4.69) is 15.9 Å². The van der Waals surface area contributed by atoms with Crippen LogP contribution in [0.3, 0.4) is 0 Å². The molecule has 16 heavy (non-hydrogen) atoms. The van der Waals surface area contributed by atoms with Crippen molar-refractivity contribution in [3.05, 3.63) is 20.8 Å². The zero-order chi connectivity index (χ0) is 12.2. The first kappa shape index (κ1) is 14.5. The minimum Gasteiger partial charge on any atom is -0.329 e. The summed E-state index contributed by atoms with van der Waals surface area (Å²) in [5.74, 6) is 0.803. The van der Waals surface area contributed by atoms with E-state index >= 15 is 0 Å². The van der Waals surface area contributed by atoms with Crippen LogP contribution in [0.4, 0.5) is 0 Å². The topological polar surface area (TPSA) is 60.2 Å². The van der Waals surface area contributed by atoms with Gasteiger partial charge in [-0.1, -0.05) is 0 Å². The Labute approximate surface area is 113 Å². The molecule has 1 rings (SSSR count). The second kappa shape index (κ2) is 6.39. The van der Waals surface area contributed by atoms with Gasteiger partial charge in [0, 0.05) is 23.4 Å². The number of thioether (sulfide) groups is 1. The molecule has 3 nitrogen and oxygen atoms in total. The highest BCUT2D eigenvalue weighted by Gasteiger charge is 2.13. The van der Waals surface area contributed by atoms with E-state index in [0.717, 1.165) is 3.79 Å². The van der Waals surface area contributed by atoms with Gasteiger partial charge in [0.25, 0.3) is 0 Å². The molecule has 0 saturated heterocycles. The van der Waals surface area contributed by atoms with Crippen molar-refractivity contribution >= 4 is 48.9 Å². The first-order valence-electron chi connectivity index (χ1n) is 4.67. The fraction of sp³-hybridized carbons (Fsp3) is 0.556. The molecule has 0 aliphatic rings. The maximum absolute atomic E-state index is 11.0. The highest BCUT2D eigenvalue weighted by atomic mass is 79.9. The van der Waals surface area contributed by atoms with E-state index in [9.17, 15) is 8.42 Å². The second-order valence-electron chi connectivity index (χ2n) is 3.37. The molecule has 2 N–H and O–H groups in total. The summed E-state index contributed by atoms with van der Waals surface area (Å²) >= 11 is 6.65. The molecule has 7 heteroatoms. The zero-order valence-electron chi connectivity index (χ0n) is 8.85. The van der Waals surface area contributed by atoms with Crippen LogP contribution in [0.15, 0.2) is 15.9 Å². The molecular weight excluding hydrogens is 330 g/mol. The van der Waals surface area contributed by atoms with Crippen molar-refractivity contribution in [3.63, 3.8) is 0 Å². The van der Waals surface area contributed by atoms with E-state index in [1.807, 2.05) is 12.1 Å². The molecule has 0 aliphatic heterocycles. The second-order valence-corrected chi connectivity index (χ2v) is 9.43. The highest BCUT2D eigenvalue weighted by Crippen LogP contribution is 2.34. The molecule has 0 amide bonds. The lowest BCUT2D eigenvalue weighted by atomic mass is 10.3. The van der Waals surface area contributed by atoms with Crippen molar-refractivity contribution < 1.29 is 8.42 Å². The molecule has 0 aliphatic carbocycles. The molecule has 1 unspecified atom stereocenters. The van der Waals surface area contributed by atoms with Crippen LogP contribution in [-0.2, 0) is 9.84 Å². The lowest BCUT2D eigenvalue weighted by Crippen LogP contribution is -2.11. The Hall–Kier alpha value is 0.440. The maximum atomic E-state index is 11.0. The minimum atomic E-state index is -2.87. The average Bonchev–Trinajstić information content (AvgIpc) is 2.58. The van der Waals surface area contributed by atoms with E-state index in [-0.39, 0.29) is 11.0 Å². The van der Waals surface area contributed by atoms with Gasteiger partial charge < -0.3 is 5.73 Å². The van der Waals surface area contributed by atoms with Gasteiger partial charge in [0.15, 0.2) is 0 Å². The fourth-order valence-electron chi connectivity index (χ4n) is 1.11. The Balaban J connectivity index is 2.50. The van der Waals surface area contributed by atoms with Gasteiger partial charge in [0.2, 0.25) is 0 Å². The molecule has 0 bridgehead atoms. The minimum absolute atomic E-state index is 0.193. The van der Waals surface area contributed by atoms with E-state index < -0.39 is 9.84 Å². The highest BCUT2D eigenvalue weighted by molar-refractivity contribution is 9.11. The van der Waals surface area contributed by atoms with Crippen LogP contribution in [0, 0.1) is 0 Å². The number of sulfone groups is 1. The summed E-state index contributed by atoms with van der Waals surface area (Å²) in [6.07, 6.45) is 1.26. The third-order valence-corrected chi connectivity index (χ3v) is 6.28. The van der Waals surface area contributed by atoms with E-state index in [0.29, 0.717) is 12.3 Å². The molecule has 0 saturated carbocycles. The van der Waals surface area contributed by atoms with Crippen LogP contribution in [0.2, 0.25) is 0 Å². The molecule has 0 spiro atoms. The van der Waals surface area contributed by atoms with Crippen molar-refractivity contribution in [2.45, 2.75) is 5.25 Å². The summed E-state index contributed by atoms with van der Waals surface area (Å²) in [5.41, 5.74) is 5.68. The third-order valence-electron chi connectivity index (χ3n) is 1.90. The summed E-state index contributed by atoms with van der Waals surface area (Å²) < 4.78 is 23.1. The number of thiophene rings is 1. The lowest BCUT2D eigenvalue weighted by molar-refractivity contribution is 0.603. The Morgan fingerprint density at radius 1 is 1.56 bits per heavy atom. The monoisotopic (exact) mass is 343 g/mol. The van der Waals surface area contributed by atoms with Crippen molar-refractivity contribution in [2.24, 2.45) is 5.73 Å². The van der Waals surface area contributed by atoms with Crippen molar-refractivity contribution in [3.8, 4) is 0 Å². The molecule has 1 aromatic heterocycles. The van der Waals surface area contributed by atoms with Crippen molar-refractivity contribution in [2.75, 3.05) is 24.3 Å². The van der Waals surface area contributed by atoms with Crippen LogP contribution in [0.25, 0.3) is 0 Å². The first-order chi connectivity index (χ1) is 7.42. The summed E-state index contributed by atoms with van der Waals surface area (Å²) in [6.45, 7) is 0.529. The van der Waals surface area contributed by atoms with E-state index in [1.54, 1.807) is 23.1 Å². The molecule has 1 heterocycles. The smallest absolute Gasteiger partial charge is 0.148 e. The Bertz CT molecular complexity index is 430. The quantitative estimate of drug-likeness (QED) is 0.860. The summed E-state index contributed by atoms with van der Waals surface area (Å²) in [4.78, 5) is 1.19.